The summed E-state index contributed by atoms with van der Waals surface area (Å²) in [7, 11) is 0. The molecule has 7 heavy (non-hydrogen) atoms. The van der Waals surface area contributed by atoms with E-state index in [2.05, 4.69) is 0 Å². The SMILES string of the molecule is [Cr+3].[O-2].c1cc[cH-]c1. The summed E-state index contributed by atoms with van der Waals surface area (Å²) in [4.78, 5) is 0. The van der Waals surface area contributed by atoms with E-state index in [4.69, 9.17) is 0 Å². The summed E-state index contributed by atoms with van der Waals surface area (Å²) in [6.45, 7) is 0. The van der Waals surface area contributed by atoms with Crippen molar-refractivity contribution in [1.82, 2.24) is 0 Å². The fourth-order valence-electron chi connectivity index (χ4n) is 0.321. The van der Waals surface area contributed by atoms with Crippen LogP contribution >= 0.6 is 0 Å². The maximum atomic E-state index is 2.00. The van der Waals surface area contributed by atoms with Crippen LogP contribution in [0.15, 0.2) is 30.3 Å². The molecule has 0 heterocycles. The molecule has 0 bridgehead atoms. The summed E-state index contributed by atoms with van der Waals surface area (Å²) in [5.74, 6) is 0. The van der Waals surface area contributed by atoms with Gasteiger partial charge in [-0.05, 0) is 0 Å². The van der Waals surface area contributed by atoms with Crippen LogP contribution in [0.4, 0.5) is 0 Å². The molecular formula is C5H5CrO. The predicted molar refractivity (Wildman–Crippen MR) is 22.7 cm³/mol. The minimum Gasteiger partial charge on any atom is -2.00 e. The number of hydrogen-bond acceptors (Lipinski definition) is 0. The second-order valence-corrected chi connectivity index (χ2v) is 0.962. The van der Waals surface area contributed by atoms with E-state index in [1.807, 2.05) is 30.3 Å². The Morgan fingerprint density at radius 1 is 1.00 bits per heavy atom. The Labute approximate surface area is 53.8 Å². The van der Waals surface area contributed by atoms with E-state index in [1.165, 1.54) is 0 Å². The van der Waals surface area contributed by atoms with Crippen LogP contribution in [0.25, 0.3) is 0 Å². The van der Waals surface area contributed by atoms with E-state index < -0.39 is 0 Å². The average molecular weight is 133 g/mol. The van der Waals surface area contributed by atoms with Gasteiger partial charge in [-0.25, -0.2) is 12.1 Å². The minimum atomic E-state index is 0. The first-order chi connectivity index (χ1) is 2.50. The topological polar surface area (TPSA) is 28.5 Å². The van der Waals surface area contributed by atoms with E-state index in [-0.39, 0.29) is 22.8 Å². The molecule has 0 aliphatic carbocycles. The van der Waals surface area contributed by atoms with Gasteiger partial charge in [0.15, 0.2) is 0 Å². The molecule has 0 fully saturated rings. The Morgan fingerprint density at radius 3 is 1.57 bits per heavy atom. The Bertz CT molecular complexity index is 64.6. The van der Waals surface area contributed by atoms with Gasteiger partial charge in [-0.2, -0.15) is 18.2 Å². The monoisotopic (exact) mass is 133 g/mol. The van der Waals surface area contributed by atoms with E-state index in [0.717, 1.165) is 0 Å². The van der Waals surface area contributed by atoms with Crippen molar-refractivity contribution in [2.45, 2.75) is 0 Å². The molecule has 37 valence electrons. The van der Waals surface area contributed by atoms with Crippen molar-refractivity contribution in [3.8, 4) is 0 Å². The third kappa shape index (κ3) is 3.68. The van der Waals surface area contributed by atoms with Gasteiger partial charge in [0, 0.05) is 0 Å². The molecule has 0 N–H and O–H groups in total. The summed E-state index contributed by atoms with van der Waals surface area (Å²) in [5.41, 5.74) is 0. The summed E-state index contributed by atoms with van der Waals surface area (Å²) < 4.78 is 0. The smallest absolute Gasteiger partial charge is 2.00 e. The summed E-state index contributed by atoms with van der Waals surface area (Å²) in [6.07, 6.45) is 0. The molecule has 0 aliphatic rings. The molecule has 1 nitrogen and oxygen atoms in total. The van der Waals surface area contributed by atoms with Crippen LogP contribution < -0.4 is 0 Å². The Kier molecular flexibility index (Phi) is 8.31. The summed E-state index contributed by atoms with van der Waals surface area (Å²) in [6, 6.07) is 10.0. The van der Waals surface area contributed by atoms with Crippen LogP contribution in [-0.4, -0.2) is 0 Å². The van der Waals surface area contributed by atoms with Crippen molar-refractivity contribution in [3.05, 3.63) is 30.3 Å². The van der Waals surface area contributed by atoms with Crippen molar-refractivity contribution in [2.75, 3.05) is 0 Å². The first kappa shape index (κ1) is 9.96. The predicted octanol–water partition coefficient (Wildman–Crippen LogP) is 1.28. The van der Waals surface area contributed by atoms with E-state index >= 15 is 0 Å². The third-order valence-electron chi connectivity index (χ3n) is 0.556. The number of rotatable bonds is 0. The molecule has 0 aromatic heterocycles. The van der Waals surface area contributed by atoms with E-state index in [9.17, 15) is 0 Å². The zero-order chi connectivity index (χ0) is 3.54. The van der Waals surface area contributed by atoms with Crippen LogP contribution in [-0.2, 0) is 22.8 Å². The second-order valence-electron chi connectivity index (χ2n) is 0.962. The zero-order valence-corrected chi connectivity index (χ0v) is 4.98. The Balaban J connectivity index is 0. The zero-order valence-electron chi connectivity index (χ0n) is 3.70. The molecule has 0 amide bonds. The Morgan fingerprint density at radius 2 is 1.43 bits per heavy atom. The van der Waals surface area contributed by atoms with Crippen molar-refractivity contribution in [3.63, 3.8) is 0 Å². The van der Waals surface area contributed by atoms with Gasteiger partial charge in [0.1, 0.15) is 0 Å². The molecular weight excluding hydrogens is 128 g/mol. The fourth-order valence-corrected chi connectivity index (χ4v) is 0.321. The van der Waals surface area contributed by atoms with Gasteiger partial charge in [0.2, 0.25) is 0 Å². The normalized spacial score (nSPS) is 5.71. The molecule has 2 heteroatoms. The second kappa shape index (κ2) is 5.84. The maximum absolute atomic E-state index is 2.00. The molecule has 1 aromatic rings. The van der Waals surface area contributed by atoms with Gasteiger partial charge < -0.3 is 5.48 Å². The summed E-state index contributed by atoms with van der Waals surface area (Å²) >= 11 is 0. The van der Waals surface area contributed by atoms with Crippen molar-refractivity contribution < 1.29 is 22.8 Å². The quantitative estimate of drug-likeness (QED) is 0.477. The van der Waals surface area contributed by atoms with Gasteiger partial charge in [-0.3, -0.25) is 0 Å². The standard InChI is InChI=1S/C5H5.Cr.O/c1-2-4-5-3-1;;/h1-5H;;/q-1;+3;-2. The van der Waals surface area contributed by atoms with Crippen LogP contribution in [0.5, 0.6) is 0 Å². The van der Waals surface area contributed by atoms with Gasteiger partial charge in [-0.15, -0.1) is 0 Å². The van der Waals surface area contributed by atoms with Gasteiger partial charge in [-0.1, -0.05) is 0 Å². The van der Waals surface area contributed by atoms with E-state index in [0.29, 0.717) is 0 Å². The fraction of sp³-hybridized carbons (Fsp3) is 0. The third-order valence-corrected chi connectivity index (χ3v) is 0.556. The molecule has 0 atom stereocenters. The Hall–Kier alpha value is -0.158. The first-order valence-electron chi connectivity index (χ1n) is 1.67. The average Bonchev–Trinajstić information content (AvgIpc) is 1.76. The molecule has 1 radical (unpaired) electrons. The molecule has 0 unspecified atom stereocenters. The summed E-state index contributed by atoms with van der Waals surface area (Å²) in [5, 5.41) is 0. The number of hydrogen-bond donors (Lipinski definition) is 0. The van der Waals surface area contributed by atoms with Crippen molar-refractivity contribution in [1.29, 1.82) is 0 Å². The molecule has 1 rings (SSSR count). The molecule has 0 saturated carbocycles. The van der Waals surface area contributed by atoms with Gasteiger partial charge in [0.05, 0.1) is 0 Å². The van der Waals surface area contributed by atoms with Crippen molar-refractivity contribution in [2.24, 2.45) is 0 Å². The largest absolute Gasteiger partial charge is 3.00 e. The van der Waals surface area contributed by atoms with Crippen LogP contribution in [0, 0.1) is 0 Å². The van der Waals surface area contributed by atoms with Gasteiger partial charge >= 0.3 is 17.4 Å². The van der Waals surface area contributed by atoms with Crippen molar-refractivity contribution >= 4 is 0 Å². The first-order valence-corrected chi connectivity index (χ1v) is 1.67. The molecule has 1 aromatic carbocycles. The maximum Gasteiger partial charge on any atom is 3.00 e. The van der Waals surface area contributed by atoms with Crippen LogP contribution in [0.3, 0.4) is 0 Å². The van der Waals surface area contributed by atoms with E-state index in [1.54, 1.807) is 0 Å². The molecule has 0 aliphatic heterocycles. The van der Waals surface area contributed by atoms with Crippen LogP contribution in [0.2, 0.25) is 0 Å². The molecule has 0 saturated heterocycles. The van der Waals surface area contributed by atoms with Crippen LogP contribution in [0.1, 0.15) is 0 Å². The van der Waals surface area contributed by atoms with Gasteiger partial charge in [0.25, 0.3) is 0 Å². The molecule has 0 spiro atoms. The minimum absolute atomic E-state index is 0.